The monoisotopic (exact) mass is 171 g/mol. The summed E-state index contributed by atoms with van der Waals surface area (Å²) in [5.41, 5.74) is -0.829. The summed E-state index contributed by atoms with van der Waals surface area (Å²) in [5.74, 6) is 0.0103. The molecule has 1 aliphatic heterocycles. The molecule has 0 spiro atoms. The van der Waals surface area contributed by atoms with Crippen LogP contribution in [0.15, 0.2) is 0 Å². The van der Waals surface area contributed by atoms with Gasteiger partial charge in [0.1, 0.15) is 0 Å². The van der Waals surface area contributed by atoms with E-state index in [4.69, 9.17) is 5.11 Å². The number of likely N-dealkylation sites (tertiary alicyclic amines) is 1. The summed E-state index contributed by atoms with van der Waals surface area (Å²) in [5, 5.41) is 8.77. The van der Waals surface area contributed by atoms with Crippen LogP contribution in [0, 0.1) is 0 Å². The lowest BCUT2D eigenvalue weighted by Gasteiger charge is -2.38. The lowest BCUT2D eigenvalue weighted by molar-refractivity contribution is -0.131. The molecule has 0 radical (unpaired) electrons. The number of hydrogen-bond acceptors (Lipinski definition) is 2. The fourth-order valence-electron chi connectivity index (χ4n) is 1.47. The van der Waals surface area contributed by atoms with Crippen LogP contribution < -0.4 is 0 Å². The summed E-state index contributed by atoms with van der Waals surface area (Å²) in [4.78, 5) is 23.2. The number of piperidine rings is 1. The molecule has 1 heterocycles. The van der Waals surface area contributed by atoms with Crippen molar-refractivity contribution in [1.82, 2.24) is 4.90 Å². The highest BCUT2D eigenvalue weighted by Crippen LogP contribution is 2.23. The van der Waals surface area contributed by atoms with Crippen molar-refractivity contribution in [3.05, 3.63) is 0 Å². The summed E-state index contributed by atoms with van der Waals surface area (Å²) in [6.07, 6.45) is 0.138. The van der Waals surface area contributed by atoms with Crippen LogP contribution in [0.3, 0.4) is 0 Å². The number of carboxylic acid groups (broad SMARTS) is 1. The van der Waals surface area contributed by atoms with Crippen LogP contribution in [0.4, 0.5) is 4.79 Å². The Bertz CT molecular complexity index is 222. The van der Waals surface area contributed by atoms with E-state index in [-0.39, 0.29) is 5.78 Å². The predicted octanol–water partition coefficient (Wildman–Crippen LogP) is 1.11. The van der Waals surface area contributed by atoms with Crippen molar-refractivity contribution in [2.75, 3.05) is 6.54 Å². The summed E-state index contributed by atoms with van der Waals surface area (Å²) in [6, 6.07) is 0. The SMILES string of the molecule is CC1(C)C(=O)CCCN1C(=O)O. The van der Waals surface area contributed by atoms with Gasteiger partial charge in [-0.1, -0.05) is 0 Å². The Kier molecular flexibility index (Phi) is 2.08. The number of ketones is 1. The van der Waals surface area contributed by atoms with Crippen LogP contribution in [0.5, 0.6) is 0 Å². The van der Waals surface area contributed by atoms with Crippen molar-refractivity contribution in [2.45, 2.75) is 32.2 Å². The minimum Gasteiger partial charge on any atom is -0.465 e. The smallest absolute Gasteiger partial charge is 0.408 e. The van der Waals surface area contributed by atoms with Crippen molar-refractivity contribution in [1.29, 1.82) is 0 Å². The maximum absolute atomic E-state index is 11.3. The van der Waals surface area contributed by atoms with Gasteiger partial charge in [0.15, 0.2) is 5.78 Å². The Morgan fingerprint density at radius 3 is 2.58 bits per heavy atom. The fraction of sp³-hybridized carbons (Fsp3) is 0.750. The zero-order valence-corrected chi connectivity index (χ0v) is 7.33. The van der Waals surface area contributed by atoms with Gasteiger partial charge in [-0.2, -0.15) is 0 Å². The van der Waals surface area contributed by atoms with E-state index >= 15 is 0 Å². The highest BCUT2D eigenvalue weighted by atomic mass is 16.4. The zero-order valence-electron chi connectivity index (χ0n) is 7.33. The molecule has 1 saturated heterocycles. The van der Waals surface area contributed by atoms with Gasteiger partial charge in [-0.3, -0.25) is 9.69 Å². The summed E-state index contributed by atoms with van der Waals surface area (Å²) >= 11 is 0. The van der Waals surface area contributed by atoms with Crippen molar-refractivity contribution in [3.63, 3.8) is 0 Å². The maximum atomic E-state index is 11.3. The molecule has 0 saturated carbocycles. The second-order valence-corrected chi connectivity index (χ2v) is 3.52. The Morgan fingerprint density at radius 2 is 2.17 bits per heavy atom. The first kappa shape index (κ1) is 9.03. The average molecular weight is 171 g/mol. The maximum Gasteiger partial charge on any atom is 0.408 e. The first-order valence-corrected chi connectivity index (χ1v) is 4.00. The van der Waals surface area contributed by atoms with Crippen LogP contribution in [-0.2, 0) is 4.79 Å². The third kappa shape index (κ3) is 1.29. The first-order valence-electron chi connectivity index (χ1n) is 4.00. The van der Waals surface area contributed by atoms with Crippen molar-refractivity contribution in [3.8, 4) is 0 Å². The van der Waals surface area contributed by atoms with E-state index < -0.39 is 11.6 Å². The molecule has 0 atom stereocenters. The molecule has 0 bridgehead atoms. The molecule has 1 fully saturated rings. The number of nitrogens with zero attached hydrogens (tertiary/aromatic N) is 1. The van der Waals surface area contributed by atoms with Gasteiger partial charge in [-0.15, -0.1) is 0 Å². The molecule has 0 aromatic carbocycles. The number of carbonyl (C=O) groups is 2. The Balaban J connectivity index is 2.86. The Hall–Kier alpha value is -1.06. The van der Waals surface area contributed by atoms with E-state index in [1.165, 1.54) is 4.90 Å². The van der Waals surface area contributed by atoms with Crippen molar-refractivity contribution >= 4 is 11.9 Å². The minimum atomic E-state index is -1.01. The highest BCUT2D eigenvalue weighted by molar-refractivity contribution is 5.91. The molecule has 1 N–H and O–H groups in total. The second kappa shape index (κ2) is 2.77. The molecule has 12 heavy (non-hydrogen) atoms. The van der Waals surface area contributed by atoms with Gasteiger partial charge in [-0.05, 0) is 20.3 Å². The first-order chi connectivity index (χ1) is 5.46. The molecule has 0 aromatic heterocycles. The predicted molar refractivity (Wildman–Crippen MR) is 43.1 cm³/mol. The third-order valence-electron chi connectivity index (χ3n) is 2.37. The van der Waals surface area contributed by atoms with Crippen LogP contribution in [0.25, 0.3) is 0 Å². The van der Waals surface area contributed by atoms with Crippen LogP contribution >= 0.6 is 0 Å². The number of Topliss-reactive ketones (excluding diaryl/α,β-unsaturated/α-hetero) is 1. The Labute approximate surface area is 71.2 Å². The van der Waals surface area contributed by atoms with Gasteiger partial charge in [0, 0.05) is 13.0 Å². The second-order valence-electron chi connectivity index (χ2n) is 3.52. The molecule has 0 aromatic rings. The van der Waals surface area contributed by atoms with Gasteiger partial charge in [0.05, 0.1) is 5.54 Å². The fourth-order valence-corrected chi connectivity index (χ4v) is 1.47. The van der Waals surface area contributed by atoms with Crippen LogP contribution in [0.1, 0.15) is 26.7 Å². The topological polar surface area (TPSA) is 57.6 Å². The van der Waals surface area contributed by atoms with Gasteiger partial charge >= 0.3 is 6.09 Å². The third-order valence-corrected chi connectivity index (χ3v) is 2.37. The van der Waals surface area contributed by atoms with E-state index in [0.717, 1.165) is 0 Å². The van der Waals surface area contributed by atoms with Gasteiger partial charge < -0.3 is 5.11 Å². The molecule has 68 valence electrons. The van der Waals surface area contributed by atoms with E-state index in [9.17, 15) is 9.59 Å². The standard InChI is InChI=1S/C8H13NO3/c1-8(2)6(10)4-3-5-9(8)7(11)12/h3-5H2,1-2H3,(H,11,12). The van der Waals surface area contributed by atoms with E-state index in [1.54, 1.807) is 13.8 Å². The van der Waals surface area contributed by atoms with Gasteiger partial charge in [-0.25, -0.2) is 4.79 Å². The van der Waals surface area contributed by atoms with Gasteiger partial charge in [0.2, 0.25) is 0 Å². The normalized spacial score (nSPS) is 22.5. The molecular formula is C8H13NO3. The number of hydrogen-bond donors (Lipinski definition) is 1. The van der Waals surface area contributed by atoms with Crippen molar-refractivity contribution < 1.29 is 14.7 Å². The van der Waals surface area contributed by atoms with Crippen LogP contribution in [-0.4, -0.2) is 34.0 Å². The molecule has 1 aliphatic rings. The van der Waals surface area contributed by atoms with E-state index in [2.05, 4.69) is 0 Å². The van der Waals surface area contributed by atoms with E-state index in [1.807, 2.05) is 0 Å². The summed E-state index contributed by atoms with van der Waals surface area (Å²) < 4.78 is 0. The number of amides is 1. The lowest BCUT2D eigenvalue weighted by atomic mass is 9.89. The Morgan fingerprint density at radius 1 is 1.58 bits per heavy atom. The molecule has 4 heteroatoms. The van der Waals surface area contributed by atoms with Gasteiger partial charge in [0.25, 0.3) is 0 Å². The number of rotatable bonds is 0. The summed E-state index contributed by atoms with van der Waals surface area (Å²) in [6.45, 7) is 3.78. The van der Waals surface area contributed by atoms with Crippen molar-refractivity contribution in [2.24, 2.45) is 0 Å². The number of carbonyl (C=O) groups excluding carboxylic acids is 1. The highest BCUT2D eigenvalue weighted by Gasteiger charge is 2.39. The minimum absolute atomic E-state index is 0.0103. The zero-order chi connectivity index (χ0) is 9.35. The molecular weight excluding hydrogens is 158 g/mol. The molecule has 1 amide bonds. The summed E-state index contributed by atoms with van der Waals surface area (Å²) in [7, 11) is 0. The van der Waals surface area contributed by atoms with Crippen LogP contribution in [0.2, 0.25) is 0 Å². The molecule has 1 rings (SSSR count). The van der Waals surface area contributed by atoms with E-state index in [0.29, 0.717) is 19.4 Å². The molecule has 0 aliphatic carbocycles. The average Bonchev–Trinajstić information content (AvgIpc) is 1.94. The molecule has 0 unspecified atom stereocenters. The largest absolute Gasteiger partial charge is 0.465 e. The molecule has 4 nitrogen and oxygen atoms in total. The lowest BCUT2D eigenvalue weighted by Crippen LogP contribution is -2.55. The quantitative estimate of drug-likeness (QED) is 0.594.